The van der Waals surface area contributed by atoms with E-state index in [-0.39, 0.29) is 44.4 Å². The second-order valence-corrected chi connectivity index (χ2v) is 15.6. The first kappa shape index (κ1) is 49.2. The maximum Gasteiger partial charge on any atom is 0.472 e. The number of unbranched alkanes of at least 4 members (excludes halogenated alkanes) is 13. The van der Waals surface area contributed by atoms with Crippen LogP contribution in [0.2, 0.25) is 0 Å². The lowest BCUT2D eigenvalue weighted by Crippen LogP contribution is -2.27. The van der Waals surface area contributed by atoms with E-state index < -0.39 is 44.8 Å². The zero-order chi connectivity index (χ0) is 39.0. The average Bonchev–Trinajstić information content (AvgIpc) is 3.40. The molecule has 0 bridgehead atoms. The molecule has 0 amide bonds. The van der Waals surface area contributed by atoms with Gasteiger partial charge in [-0.15, -0.1) is 0 Å². The zero-order valence-electron chi connectivity index (χ0n) is 32.8. The Hall–Kier alpha value is -1.82. The smallest absolute Gasteiger partial charge is 0.472 e. The van der Waals surface area contributed by atoms with Crippen molar-refractivity contribution in [3.63, 3.8) is 0 Å². The van der Waals surface area contributed by atoms with Gasteiger partial charge < -0.3 is 35.4 Å². The number of aliphatic hydroxyl groups excluding tert-OH is 3. The second-order valence-electron chi connectivity index (χ2n) is 14.2. The molecule has 53 heavy (non-hydrogen) atoms. The van der Waals surface area contributed by atoms with Gasteiger partial charge in [0.1, 0.15) is 6.61 Å². The third kappa shape index (κ3) is 26.6. The van der Waals surface area contributed by atoms with Crippen molar-refractivity contribution in [3.8, 4) is 0 Å². The van der Waals surface area contributed by atoms with Crippen LogP contribution in [0.15, 0.2) is 48.8 Å². The van der Waals surface area contributed by atoms with Crippen molar-refractivity contribution in [1.29, 1.82) is 0 Å². The predicted octanol–water partition coefficient (Wildman–Crippen LogP) is 8.36. The number of hydrogen-bond acceptors (Lipinski definition) is 10. The van der Waals surface area contributed by atoms with Crippen LogP contribution in [0.4, 0.5) is 0 Å². The highest BCUT2D eigenvalue weighted by Crippen LogP contribution is 2.43. The average molecular weight is 772 g/mol. The van der Waals surface area contributed by atoms with Gasteiger partial charge in [-0.3, -0.25) is 13.8 Å². The van der Waals surface area contributed by atoms with E-state index in [4.69, 9.17) is 24.3 Å². The maximum atomic E-state index is 12.7. The summed E-state index contributed by atoms with van der Waals surface area (Å²) >= 11 is 0. The van der Waals surface area contributed by atoms with Crippen molar-refractivity contribution < 1.29 is 48.1 Å². The SMILES string of the molecule is CCCCCCCC/C=C\CCCCCC/C=C/OC[C@H](COP(=O)(O)OCCN)OC(=O)C/C=C\C[C@H]1[C@@H](/C=C/[C@H](O)CCCCC)[C@H](O)C[C@@H]1O. The van der Waals surface area contributed by atoms with Crippen LogP contribution in [0, 0.1) is 11.8 Å². The van der Waals surface area contributed by atoms with E-state index in [2.05, 4.69) is 26.0 Å². The molecule has 11 nitrogen and oxygen atoms in total. The first-order chi connectivity index (χ1) is 25.6. The molecule has 6 N–H and O–H groups in total. The predicted molar refractivity (Wildman–Crippen MR) is 212 cm³/mol. The summed E-state index contributed by atoms with van der Waals surface area (Å²) in [5, 5.41) is 31.3. The number of allylic oxidation sites excluding steroid dienone is 4. The van der Waals surface area contributed by atoms with Crippen molar-refractivity contribution >= 4 is 13.8 Å². The van der Waals surface area contributed by atoms with Crippen molar-refractivity contribution in [2.75, 3.05) is 26.4 Å². The molecule has 0 radical (unpaired) electrons. The normalized spacial score (nSPS) is 21.6. The van der Waals surface area contributed by atoms with Crippen LogP contribution in [0.25, 0.3) is 0 Å². The summed E-state index contributed by atoms with van der Waals surface area (Å²) in [6.45, 7) is 3.72. The van der Waals surface area contributed by atoms with E-state index in [0.29, 0.717) is 12.8 Å². The summed E-state index contributed by atoms with van der Waals surface area (Å²) in [6, 6.07) is 0. The number of carbonyl (C=O) groups is 1. The molecule has 0 aromatic carbocycles. The van der Waals surface area contributed by atoms with Gasteiger partial charge in [-0.25, -0.2) is 4.57 Å². The van der Waals surface area contributed by atoms with Gasteiger partial charge in [0, 0.05) is 18.9 Å². The molecule has 0 aromatic heterocycles. The minimum Gasteiger partial charge on any atom is -0.498 e. The third-order valence-corrected chi connectivity index (χ3v) is 10.4. The lowest BCUT2D eigenvalue weighted by molar-refractivity contribution is -0.152. The van der Waals surface area contributed by atoms with Gasteiger partial charge in [0.15, 0.2) is 6.10 Å². The van der Waals surface area contributed by atoms with Crippen LogP contribution in [-0.2, 0) is 27.9 Å². The van der Waals surface area contributed by atoms with Crippen LogP contribution in [0.3, 0.4) is 0 Å². The monoisotopic (exact) mass is 772 g/mol. The van der Waals surface area contributed by atoms with E-state index in [9.17, 15) is 29.6 Å². The fraction of sp³-hybridized carbons (Fsp3) is 0.780. The minimum absolute atomic E-state index is 0.0395. The number of aliphatic hydroxyl groups is 3. The van der Waals surface area contributed by atoms with Crippen LogP contribution in [-0.4, -0.2) is 77.0 Å². The summed E-state index contributed by atoms with van der Waals surface area (Å²) < 4.78 is 33.0. The highest BCUT2D eigenvalue weighted by molar-refractivity contribution is 7.47. The molecular weight excluding hydrogens is 697 g/mol. The molecule has 1 fully saturated rings. The van der Waals surface area contributed by atoms with Crippen LogP contribution < -0.4 is 5.73 Å². The first-order valence-corrected chi connectivity index (χ1v) is 21.9. The summed E-state index contributed by atoms with van der Waals surface area (Å²) in [5.41, 5.74) is 5.35. The number of ether oxygens (including phenoxy) is 2. The maximum absolute atomic E-state index is 12.7. The van der Waals surface area contributed by atoms with E-state index in [1.807, 2.05) is 6.08 Å². The first-order valence-electron chi connectivity index (χ1n) is 20.4. The topological polar surface area (TPSA) is 178 Å². The van der Waals surface area contributed by atoms with Gasteiger partial charge >= 0.3 is 13.8 Å². The Balaban J connectivity index is 2.47. The van der Waals surface area contributed by atoms with Crippen LogP contribution in [0.5, 0.6) is 0 Å². The van der Waals surface area contributed by atoms with Gasteiger partial charge in [0.25, 0.3) is 0 Å². The zero-order valence-corrected chi connectivity index (χ0v) is 33.7. The summed E-state index contributed by atoms with van der Waals surface area (Å²) in [4.78, 5) is 22.6. The quantitative estimate of drug-likeness (QED) is 0.0140. The number of esters is 1. The highest BCUT2D eigenvalue weighted by Gasteiger charge is 2.39. The van der Waals surface area contributed by atoms with Gasteiger partial charge in [-0.2, -0.15) is 0 Å². The highest BCUT2D eigenvalue weighted by atomic mass is 31.2. The van der Waals surface area contributed by atoms with Gasteiger partial charge in [-0.1, -0.05) is 115 Å². The molecule has 1 aliphatic carbocycles. The van der Waals surface area contributed by atoms with Gasteiger partial charge in [-0.05, 0) is 63.4 Å². The summed E-state index contributed by atoms with van der Waals surface area (Å²) in [7, 11) is -4.39. The standard InChI is InChI=1S/C41H74NO10P/c1-3-5-7-8-9-10-11-12-13-14-15-16-17-18-19-23-30-49-33-36(34-51-53(47,48)50-31-29-42)52-41(46)26-22-21-25-37-38(40(45)32-39(37)44)28-27-35(43)24-20-6-4-2/h12-13,21-23,27-28,30,35-40,43-45H,3-11,14-20,24-26,29,31-34,42H2,1-2H3,(H,47,48)/b13-12-,22-21-,28-27+,30-23+/t35-,36-,37+,38-,39+,40-/m1/s1. The molecule has 0 heterocycles. The largest absolute Gasteiger partial charge is 0.498 e. The Morgan fingerprint density at radius 3 is 2.09 bits per heavy atom. The minimum atomic E-state index is -4.39. The van der Waals surface area contributed by atoms with Crippen LogP contribution >= 0.6 is 7.82 Å². The molecule has 0 saturated heterocycles. The van der Waals surface area contributed by atoms with Gasteiger partial charge in [0.2, 0.25) is 0 Å². The van der Waals surface area contributed by atoms with Gasteiger partial charge in [0.05, 0.1) is 44.2 Å². The number of nitrogens with two attached hydrogens (primary N) is 1. The molecule has 1 aliphatic rings. The molecule has 7 atom stereocenters. The molecule has 1 saturated carbocycles. The summed E-state index contributed by atoms with van der Waals surface area (Å²) in [5.74, 6) is -1.16. The lowest BCUT2D eigenvalue weighted by Gasteiger charge is -2.20. The van der Waals surface area contributed by atoms with E-state index >= 15 is 0 Å². The molecule has 0 spiro atoms. The molecule has 12 heteroatoms. The molecular formula is C41H74NO10P. The van der Waals surface area contributed by atoms with E-state index in [1.165, 1.54) is 57.8 Å². The van der Waals surface area contributed by atoms with Crippen molar-refractivity contribution in [3.05, 3.63) is 48.8 Å². The van der Waals surface area contributed by atoms with Crippen molar-refractivity contribution in [2.45, 2.75) is 167 Å². The molecule has 308 valence electrons. The number of phosphoric acid groups is 1. The number of hydrogen-bond donors (Lipinski definition) is 5. The Bertz CT molecular complexity index is 1070. The molecule has 1 unspecified atom stereocenters. The van der Waals surface area contributed by atoms with Crippen LogP contribution in [0.1, 0.15) is 142 Å². The fourth-order valence-corrected chi connectivity index (χ4v) is 7.05. The molecule has 0 aromatic rings. The fourth-order valence-electron chi connectivity index (χ4n) is 6.28. The third-order valence-electron chi connectivity index (χ3n) is 9.39. The Labute approximate surface area is 320 Å². The number of carbonyl (C=O) groups excluding carboxylic acids is 1. The Morgan fingerprint density at radius 2 is 1.43 bits per heavy atom. The molecule has 1 rings (SSSR count). The lowest BCUT2D eigenvalue weighted by atomic mass is 9.89. The second kappa shape index (κ2) is 32.4. The van der Waals surface area contributed by atoms with E-state index in [0.717, 1.165) is 44.9 Å². The Morgan fingerprint density at radius 1 is 0.811 bits per heavy atom. The van der Waals surface area contributed by atoms with Crippen molar-refractivity contribution in [1.82, 2.24) is 0 Å². The summed E-state index contributed by atoms with van der Waals surface area (Å²) in [6.07, 6.45) is 32.0. The molecule has 0 aliphatic heterocycles. The Kier molecular flexibility index (Phi) is 30.1. The number of phosphoric ester groups is 1. The van der Waals surface area contributed by atoms with E-state index in [1.54, 1.807) is 30.6 Å². The number of rotatable bonds is 34. The van der Waals surface area contributed by atoms with Crippen molar-refractivity contribution in [2.24, 2.45) is 17.6 Å².